The van der Waals surface area contributed by atoms with E-state index in [9.17, 15) is 28.5 Å². The van der Waals surface area contributed by atoms with Gasteiger partial charge in [-0.3, -0.25) is 41.8 Å². The number of phosphoric acid groups is 2. The molecule has 0 amide bonds. The van der Waals surface area contributed by atoms with Gasteiger partial charge in [-0.1, -0.05) is 12.1 Å². The van der Waals surface area contributed by atoms with Crippen molar-refractivity contribution in [3.05, 3.63) is 57.1 Å². The molecule has 1 aromatic carbocycles. The first-order chi connectivity index (χ1) is 22.9. The molecule has 0 radical (unpaired) electrons. The molecule has 4 aromatic rings. The number of benzene rings is 1. The molecule has 21 nitrogen and oxygen atoms in total. The summed E-state index contributed by atoms with van der Waals surface area (Å²) in [4.78, 5) is 62.3. The molecule has 3 aliphatic heterocycles. The third kappa shape index (κ3) is 6.02. The molecular weight excluding hydrogens is 682 g/mol. The SMILES string of the molecule is COC1C2OP(=O)(O)OC[C@H]3O[C@@H](n4cnc5cccc(CN)c5c4=O)C[C@@H]3OP(=O)(O)OC[C@H]1O[C@H]2n1cnc2c(=O)[nH]c(N)nc21. The number of imidazole rings is 1. The van der Waals surface area contributed by atoms with Crippen LogP contribution in [0.15, 0.2) is 40.4 Å². The first-order valence-electron chi connectivity index (χ1n) is 14.4. The quantitative estimate of drug-likeness (QED) is 0.171. The van der Waals surface area contributed by atoms with Crippen LogP contribution in [0.25, 0.3) is 22.1 Å². The number of aromatic nitrogens is 6. The lowest BCUT2D eigenvalue weighted by Crippen LogP contribution is -2.37. The van der Waals surface area contributed by atoms with Crippen LogP contribution in [0.4, 0.5) is 5.95 Å². The standard InChI is InChI=1S/C25H30N8O13P2/c1-40-19-15-8-42-47(36,37)45-13-5-16(32-9-28-12-4-2-3-11(6-26)17(12)23(32)35)43-14(13)7-41-48(38,39)46-20(19)24(44-15)33-10-29-18-21(33)30-25(27)31-22(18)34/h2-4,9-10,13-16,19-20,24H,5-8,26H2,1H3,(H,36,37)(H,38,39)(H3,27,30,31,34)/t13-,14+,15+,16+,19?,20?,24+/m0/s1. The highest BCUT2D eigenvalue weighted by Gasteiger charge is 2.52. The number of rotatable bonds is 4. The van der Waals surface area contributed by atoms with Crippen LogP contribution in [0.3, 0.4) is 0 Å². The van der Waals surface area contributed by atoms with Gasteiger partial charge in [0.25, 0.3) is 11.1 Å². The van der Waals surface area contributed by atoms with Gasteiger partial charge in [-0.15, -0.1) is 0 Å². The smallest absolute Gasteiger partial charge is 0.376 e. The molecule has 3 aromatic heterocycles. The van der Waals surface area contributed by atoms with Crippen LogP contribution in [-0.4, -0.2) is 89.7 Å². The summed E-state index contributed by atoms with van der Waals surface area (Å²) in [5.41, 5.74) is 11.2. The number of nitrogens with two attached hydrogens (primary N) is 2. The topological polar surface area (TPSA) is 290 Å². The van der Waals surface area contributed by atoms with Crippen molar-refractivity contribution >= 4 is 43.7 Å². The van der Waals surface area contributed by atoms with Crippen LogP contribution in [0.5, 0.6) is 0 Å². The van der Waals surface area contributed by atoms with Crippen LogP contribution in [0.2, 0.25) is 0 Å². The summed E-state index contributed by atoms with van der Waals surface area (Å²) >= 11 is 0. The maximum atomic E-state index is 13.5. The van der Waals surface area contributed by atoms with Gasteiger partial charge in [-0.25, -0.2) is 19.1 Å². The Balaban J connectivity index is 1.20. The molecule has 0 saturated carbocycles. The van der Waals surface area contributed by atoms with Gasteiger partial charge in [0.1, 0.15) is 43.1 Å². The van der Waals surface area contributed by atoms with E-state index in [0.717, 1.165) is 0 Å². The van der Waals surface area contributed by atoms with Crippen molar-refractivity contribution in [2.45, 2.75) is 55.9 Å². The molecule has 7 N–H and O–H groups in total. The Morgan fingerprint density at radius 2 is 1.75 bits per heavy atom. The number of anilines is 1. The average molecular weight is 713 g/mol. The van der Waals surface area contributed by atoms with Gasteiger partial charge in [-0.2, -0.15) is 4.98 Å². The third-order valence-electron chi connectivity index (χ3n) is 8.22. The number of hydrogen-bond donors (Lipinski definition) is 5. The lowest BCUT2D eigenvalue weighted by molar-refractivity contribution is -0.0679. The maximum absolute atomic E-state index is 13.5. The fourth-order valence-corrected chi connectivity index (χ4v) is 7.96. The predicted molar refractivity (Wildman–Crippen MR) is 161 cm³/mol. The molecule has 6 heterocycles. The monoisotopic (exact) mass is 712 g/mol. The fourth-order valence-electron chi connectivity index (χ4n) is 6.07. The second-order valence-corrected chi connectivity index (χ2v) is 13.9. The summed E-state index contributed by atoms with van der Waals surface area (Å²) < 4.78 is 68.2. The summed E-state index contributed by atoms with van der Waals surface area (Å²) in [5.74, 6) is -0.240. The van der Waals surface area contributed by atoms with Crippen LogP contribution < -0.4 is 22.6 Å². The fraction of sp³-hybridized carbons (Fsp3) is 0.480. The van der Waals surface area contributed by atoms with Crippen molar-refractivity contribution in [2.75, 3.05) is 26.1 Å². The summed E-state index contributed by atoms with van der Waals surface area (Å²) in [5, 5.41) is 0.265. The predicted octanol–water partition coefficient (Wildman–Crippen LogP) is -0.211. The maximum Gasteiger partial charge on any atom is 0.472 e. The van der Waals surface area contributed by atoms with Gasteiger partial charge in [-0.05, 0) is 11.6 Å². The zero-order valence-corrected chi connectivity index (χ0v) is 26.7. The minimum absolute atomic E-state index is 0.0533. The van der Waals surface area contributed by atoms with Gasteiger partial charge in [0.2, 0.25) is 5.95 Å². The number of phosphoric ester groups is 2. The molecule has 3 fully saturated rings. The number of nitrogen functional groups attached to an aromatic ring is 1. The number of fused-ring (bicyclic) bond motifs is 5. The molecule has 2 bridgehead atoms. The van der Waals surface area contributed by atoms with E-state index in [0.29, 0.717) is 11.1 Å². The second-order valence-electron chi connectivity index (χ2n) is 11.1. The van der Waals surface area contributed by atoms with E-state index >= 15 is 0 Å². The molecule has 3 aliphatic rings. The van der Waals surface area contributed by atoms with E-state index in [4.69, 9.17) is 43.8 Å². The zero-order chi connectivity index (χ0) is 34.0. The molecular formula is C25H30N8O13P2. The molecule has 7 rings (SSSR count). The van der Waals surface area contributed by atoms with E-state index in [-0.39, 0.29) is 35.5 Å². The number of nitrogens with one attached hydrogen (secondary N) is 1. The Hall–Kier alpha value is -3.43. The van der Waals surface area contributed by atoms with Crippen molar-refractivity contribution < 1.29 is 51.2 Å². The number of hydrogen-bond acceptors (Lipinski definition) is 16. The minimum Gasteiger partial charge on any atom is -0.376 e. The van der Waals surface area contributed by atoms with Crippen molar-refractivity contribution in [1.29, 1.82) is 0 Å². The summed E-state index contributed by atoms with van der Waals surface area (Å²) in [6.07, 6.45) is -6.58. The molecule has 9 atom stereocenters. The average Bonchev–Trinajstić information content (AvgIpc) is 3.73. The Morgan fingerprint density at radius 1 is 1.02 bits per heavy atom. The number of methoxy groups -OCH3 is 1. The summed E-state index contributed by atoms with van der Waals surface area (Å²) in [6, 6.07) is 5.05. The first-order valence-corrected chi connectivity index (χ1v) is 17.4. The number of aromatic amines is 1. The Morgan fingerprint density at radius 3 is 2.50 bits per heavy atom. The Labute approximate surface area is 268 Å². The largest absolute Gasteiger partial charge is 0.472 e. The highest BCUT2D eigenvalue weighted by molar-refractivity contribution is 7.47. The van der Waals surface area contributed by atoms with Gasteiger partial charge in [0.15, 0.2) is 17.4 Å². The van der Waals surface area contributed by atoms with E-state index in [1.54, 1.807) is 18.2 Å². The van der Waals surface area contributed by atoms with Gasteiger partial charge >= 0.3 is 15.6 Å². The van der Waals surface area contributed by atoms with Crippen LogP contribution in [0, 0.1) is 0 Å². The van der Waals surface area contributed by atoms with Crippen LogP contribution in [0.1, 0.15) is 24.4 Å². The molecule has 0 aliphatic carbocycles. The number of H-pyrrole nitrogens is 1. The van der Waals surface area contributed by atoms with Gasteiger partial charge in [0.05, 0.1) is 30.4 Å². The first kappa shape index (κ1) is 33.1. The number of nitrogens with zero attached hydrogens (tertiary/aromatic N) is 5. The molecule has 48 heavy (non-hydrogen) atoms. The van der Waals surface area contributed by atoms with Crippen molar-refractivity contribution in [3.63, 3.8) is 0 Å². The molecule has 4 unspecified atom stereocenters. The highest BCUT2D eigenvalue weighted by Crippen LogP contribution is 2.53. The normalized spacial score (nSPS) is 34.5. The summed E-state index contributed by atoms with van der Waals surface area (Å²) in [7, 11) is -8.65. The summed E-state index contributed by atoms with van der Waals surface area (Å²) in [6.45, 7) is -1.25. The lowest BCUT2D eigenvalue weighted by Gasteiger charge is -2.26. The zero-order valence-electron chi connectivity index (χ0n) is 24.9. The third-order valence-corrected chi connectivity index (χ3v) is 10.2. The molecule has 0 spiro atoms. The molecule has 3 saturated heterocycles. The van der Waals surface area contributed by atoms with Gasteiger partial charge in [0, 0.05) is 20.1 Å². The minimum atomic E-state index is -5.00. The lowest BCUT2D eigenvalue weighted by atomic mass is 10.1. The number of ether oxygens (including phenoxy) is 3. The molecule has 258 valence electrons. The van der Waals surface area contributed by atoms with Crippen LogP contribution in [-0.2, 0) is 48.0 Å². The van der Waals surface area contributed by atoms with Gasteiger partial charge < -0.3 is 35.5 Å². The second kappa shape index (κ2) is 12.5. The van der Waals surface area contributed by atoms with E-state index < -0.39 is 83.0 Å². The van der Waals surface area contributed by atoms with E-state index in [1.807, 2.05) is 0 Å². The van der Waals surface area contributed by atoms with Crippen molar-refractivity contribution in [2.24, 2.45) is 5.73 Å². The van der Waals surface area contributed by atoms with E-state index in [1.165, 1.54) is 28.9 Å². The van der Waals surface area contributed by atoms with Crippen molar-refractivity contribution in [3.8, 4) is 0 Å². The Bertz CT molecular complexity index is 2090. The molecule has 23 heteroatoms. The Kier molecular flexibility index (Phi) is 8.60. The highest BCUT2D eigenvalue weighted by atomic mass is 31.2. The van der Waals surface area contributed by atoms with Crippen LogP contribution >= 0.6 is 15.6 Å². The van der Waals surface area contributed by atoms with E-state index in [2.05, 4.69) is 19.9 Å². The van der Waals surface area contributed by atoms with Crippen molar-refractivity contribution in [1.82, 2.24) is 29.1 Å².